The van der Waals surface area contributed by atoms with Crippen molar-refractivity contribution in [1.29, 1.82) is 0 Å². The van der Waals surface area contributed by atoms with E-state index in [-0.39, 0.29) is 37.5 Å². The Morgan fingerprint density at radius 2 is 1.29 bits per heavy atom. The van der Waals surface area contributed by atoms with E-state index in [9.17, 15) is 0 Å². The first-order valence-corrected chi connectivity index (χ1v) is 6.22. The summed E-state index contributed by atoms with van der Waals surface area (Å²) in [5, 5.41) is 17.8. The first kappa shape index (κ1) is 15.4. The van der Waals surface area contributed by atoms with Gasteiger partial charge >= 0.3 is 0 Å². The van der Waals surface area contributed by atoms with Gasteiger partial charge in [0.05, 0.1) is 21.7 Å². The fourth-order valence-electron chi connectivity index (χ4n) is 0.944. The summed E-state index contributed by atoms with van der Waals surface area (Å²) in [7, 11) is 0. The molecule has 0 aliphatic heterocycles. The molecule has 1 aromatic rings. The highest BCUT2D eigenvalue weighted by Crippen LogP contribution is 2.48. The van der Waals surface area contributed by atoms with E-state index in [1.165, 1.54) is 0 Å². The molecule has 0 fully saturated rings. The maximum atomic E-state index is 9.14. The van der Waals surface area contributed by atoms with Crippen LogP contribution in [0, 0.1) is 0 Å². The van der Waals surface area contributed by atoms with E-state index >= 15 is 0 Å². The molecule has 0 aliphatic rings. The second-order valence-electron chi connectivity index (χ2n) is 3.05. The molecule has 0 amide bonds. The van der Waals surface area contributed by atoms with Crippen LogP contribution in [-0.4, -0.2) is 29.5 Å². The third kappa shape index (κ3) is 3.44. The van der Waals surface area contributed by atoms with Crippen molar-refractivity contribution in [2.75, 3.05) is 13.2 Å². The van der Waals surface area contributed by atoms with Crippen LogP contribution in [0.2, 0.25) is 25.1 Å². The van der Waals surface area contributed by atoms with Crippen LogP contribution in [0.25, 0.3) is 0 Å². The predicted octanol–water partition coefficient (Wildman–Crippen LogP) is 3.69. The minimum absolute atomic E-state index is 0.00351. The van der Waals surface area contributed by atoms with Gasteiger partial charge in [0.25, 0.3) is 0 Å². The summed E-state index contributed by atoms with van der Waals surface area (Å²) in [6, 6.07) is 0. The molecular formula is C9H7Cl5O3. The largest absolute Gasteiger partial charge is 0.488 e. The summed E-state index contributed by atoms with van der Waals surface area (Å²) in [5.74, 6) is 0.0141. The summed E-state index contributed by atoms with van der Waals surface area (Å²) >= 11 is 29.1. The van der Waals surface area contributed by atoms with Crippen LogP contribution in [0.15, 0.2) is 0 Å². The van der Waals surface area contributed by atoms with Gasteiger partial charge < -0.3 is 14.9 Å². The molecule has 0 saturated carbocycles. The highest BCUT2D eigenvalue weighted by molar-refractivity contribution is 6.55. The minimum atomic E-state index is -1.06. The molecule has 2 N–H and O–H groups in total. The van der Waals surface area contributed by atoms with E-state index in [2.05, 4.69) is 0 Å². The molecule has 3 nitrogen and oxygen atoms in total. The molecule has 17 heavy (non-hydrogen) atoms. The Balaban J connectivity index is 3.07. The summed E-state index contributed by atoms with van der Waals surface area (Å²) in [6.07, 6.45) is -1.06. The summed E-state index contributed by atoms with van der Waals surface area (Å²) < 4.78 is 5.14. The molecule has 0 radical (unpaired) electrons. The molecule has 0 aromatic heterocycles. The first-order chi connectivity index (χ1) is 7.90. The minimum Gasteiger partial charge on any atom is -0.488 e. The van der Waals surface area contributed by atoms with Gasteiger partial charge in [0.1, 0.15) is 22.8 Å². The van der Waals surface area contributed by atoms with E-state index in [0.29, 0.717) is 0 Å². The van der Waals surface area contributed by atoms with Gasteiger partial charge in [0, 0.05) is 0 Å². The summed E-state index contributed by atoms with van der Waals surface area (Å²) in [4.78, 5) is 0. The van der Waals surface area contributed by atoms with Gasteiger partial charge in [0.2, 0.25) is 0 Å². The van der Waals surface area contributed by atoms with Crippen molar-refractivity contribution in [3.63, 3.8) is 0 Å². The highest BCUT2D eigenvalue weighted by Gasteiger charge is 2.21. The Morgan fingerprint density at radius 1 is 0.882 bits per heavy atom. The third-order valence-corrected chi connectivity index (χ3v) is 4.04. The standard InChI is InChI=1S/C9H7Cl5O3/c10-4-5(11)7(13)9(8(14)6(4)12)17-2-3(16)1-15/h3,15-16H,1-2H2. The van der Waals surface area contributed by atoms with Crippen molar-refractivity contribution in [1.82, 2.24) is 0 Å². The van der Waals surface area contributed by atoms with E-state index in [1.54, 1.807) is 0 Å². The average Bonchev–Trinajstić information content (AvgIpc) is 2.33. The lowest BCUT2D eigenvalue weighted by atomic mass is 10.3. The Morgan fingerprint density at radius 3 is 1.71 bits per heavy atom. The van der Waals surface area contributed by atoms with Crippen LogP contribution in [0.4, 0.5) is 0 Å². The topological polar surface area (TPSA) is 49.7 Å². The van der Waals surface area contributed by atoms with Gasteiger partial charge in [-0.3, -0.25) is 0 Å². The molecule has 0 aliphatic carbocycles. The Hall–Kier alpha value is 0.390. The van der Waals surface area contributed by atoms with E-state index in [1.807, 2.05) is 0 Å². The number of benzene rings is 1. The van der Waals surface area contributed by atoms with Crippen LogP contribution >= 0.6 is 58.0 Å². The van der Waals surface area contributed by atoms with Gasteiger partial charge in [-0.05, 0) is 0 Å². The number of ether oxygens (including phenoxy) is 1. The summed E-state index contributed by atoms with van der Waals surface area (Å²) in [6.45, 7) is -0.658. The van der Waals surface area contributed by atoms with Crippen LogP contribution in [-0.2, 0) is 0 Å². The van der Waals surface area contributed by atoms with Crippen LogP contribution in [0.1, 0.15) is 0 Å². The average molecular weight is 340 g/mol. The van der Waals surface area contributed by atoms with Crippen molar-refractivity contribution in [2.24, 2.45) is 0 Å². The zero-order valence-electron chi connectivity index (χ0n) is 8.18. The van der Waals surface area contributed by atoms with Crippen LogP contribution in [0.3, 0.4) is 0 Å². The maximum absolute atomic E-state index is 9.14. The van der Waals surface area contributed by atoms with Crippen LogP contribution in [0.5, 0.6) is 5.75 Å². The van der Waals surface area contributed by atoms with Crippen molar-refractivity contribution in [3.05, 3.63) is 25.1 Å². The number of rotatable bonds is 4. The van der Waals surface area contributed by atoms with Crippen molar-refractivity contribution < 1.29 is 14.9 Å². The molecule has 8 heteroatoms. The Kier molecular flexibility index (Phi) is 5.93. The van der Waals surface area contributed by atoms with Crippen LogP contribution < -0.4 is 4.74 Å². The number of hydrogen-bond acceptors (Lipinski definition) is 3. The molecule has 0 spiro atoms. The lowest BCUT2D eigenvalue weighted by molar-refractivity contribution is 0.0537. The third-order valence-electron chi connectivity index (χ3n) is 1.80. The van der Waals surface area contributed by atoms with Gasteiger partial charge in [0.15, 0.2) is 5.75 Å². The lowest BCUT2D eigenvalue weighted by Gasteiger charge is -2.15. The van der Waals surface area contributed by atoms with E-state index < -0.39 is 12.7 Å². The number of hydrogen-bond donors (Lipinski definition) is 2. The summed E-state index contributed by atoms with van der Waals surface area (Å²) in [5.41, 5.74) is 0. The Labute approximate surface area is 123 Å². The molecule has 1 aromatic carbocycles. The first-order valence-electron chi connectivity index (χ1n) is 4.33. The smallest absolute Gasteiger partial charge is 0.159 e. The normalized spacial score (nSPS) is 12.6. The van der Waals surface area contributed by atoms with Gasteiger partial charge in [-0.15, -0.1) is 0 Å². The predicted molar refractivity (Wildman–Crippen MR) is 70.1 cm³/mol. The molecule has 1 unspecified atom stereocenters. The van der Waals surface area contributed by atoms with E-state index in [0.717, 1.165) is 0 Å². The quantitative estimate of drug-likeness (QED) is 0.649. The van der Waals surface area contributed by atoms with Crippen molar-refractivity contribution >= 4 is 58.0 Å². The van der Waals surface area contributed by atoms with Gasteiger partial charge in [-0.1, -0.05) is 58.0 Å². The molecule has 0 heterocycles. The molecule has 96 valence electrons. The molecule has 0 bridgehead atoms. The van der Waals surface area contributed by atoms with Gasteiger partial charge in [-0.25, -0.2) is 0 Å². The molecule has 1 atom stereocenters. The SMILES string of the molecule is OCC(O)COc1c(Cl)c(Cl)c(Cl)c(Cl)c1Cl. The second-order valence-corrected chi connectivity index (χ2v) is 4.94. The lowest BCUT2D eigenvalue weighted by Crippen LogP contribution is -2.21. The molecule has 0 saturated heterocycles. The number of halogens is 5. The zero-order chi connectivity index (χ0) is 13.2. The molecule has 1 rings (SSSR count). The Bertz CT molecular complexity index is 395. The highest BCUT2D eigenvalue weighted by atomic mass is 35.5. The second kappa shape index (κ2) is 6.53. The fraction of sp³-hybridized carbons (Fsp3) is 0.333. The van der Waals surface area contributed by atoms with Crippen molar-refractivity contribution in [3.8, 4) is 5.75 Å². The number of aliphatic hydroxyl groups is 2. The number of aliphatic hydroxyl groups excluding tert-OH is 2. The monoisotopic (exact) mass is 338 g/mol. The zero-order valence-corrected chi connectivity index (χ0v) is 12.0. The van der Waals surface area contributed by atoms with E-state index in [4.69, 9.17) is 73.0 Å². The van der Waals surface area contributed by atoms with Gasteiger partial charge in [-0.2, -0.15) is 0 Å². The van der Waals surface area contributed by atoms with Crippen molar-refractivity contribution in [2.45, 2.75) is 6.10 Å². The fourth-order valence-corrected chi connectivity index (χ4v) is 2.17. The molecular weight excluding hydrogens is 333 g/mol. The maximum Gasteiger partial charge on any atom is 0.159 e.